The minimum atomic E-state index is -5.31. The molecule has 8 heteroatoms. The highest BCUT2D eigenvalue weighted by atomic mass is 33.2. The van der Waals surface area contributed by atoms with Crippen LogP contribution in [0.2, 0.25) is 0 Å². The predicted molar refractivity (Wildman–Crippen MR) is 29.8 cm³/mol. The normalized spacial score (nSPS) is 12.2. The second kappa shape index (κ2) is 2.60. The quantitative estimate of drug-likeness (QED) is 0.406. The molecular formula is CH6O6S2. The molecule has 0 aliphatic heterocycles. The molecule has 0 fully saturated rings. The molecule has 0 heterocycles. The fourth-order valence-corrected chi connectivity index (χ4v) is 0. The van der Waals surface area contributed by atoms with Crippen LogP contribution < -0.4 is 0 Å². The molecule has 0 aliphatic carbocycles. The predicted octanol–water partition coefficient (Wildman–Crippen LogP) is -0.687. The molecule has 0 atom stereocenters. The van der Waals surface area contributed by atoms with E-state index in [1.807, 2.05) is 0 Å². The zero-order valence-corrected chi connectivity index (χ0v) is 4.98. The standard InChI is InChI=1S/CH4.H2O6S2/c;1-7(2,3)8(4,5)6/h1H4;(H,1,2,3)(H,4,5,6). The van der Waals surface area contributed by atoms with Crippen LogP contribution in [0.15, 0.2) is 0 Å². The molecule has 0 aromatic rings. The molecule has 0 amide bonds. The Morgan fingerprint density at radius 2 is 0.889 bits per heavy atom. The summed E-state index contributed by atoms with van der Waals surface area (Å²) in [6.45, 7) is 0. The van der Waals surface area contributed by atoms with E-state index in [0.717, 1.165) is 0 Å². The summed E-state index contributed by atoms with van der Waals surface area (Å²) in [4.78, 5) is 0. The minimum absolute atomic E-state index is 0. The third kappa shape index (κ3) is 3.40. The first kappa shape index (κ1) is 11.6. The third-order valence-corrected chi connectivity index (χ3v) is 2.40. The van der Waals surface area contributed by atoms with Gasteiger partial charge >= 0.3 is 18.3 Å². The molecule has 2 N–H and O–H groups in total. The highest BCUT2D eigenvalue weighted by Gasteiger charge is 2.22. The molecule has 9 heavy (non-hydrogen) atoms. The lowest BCUT2D eigenvalue weighted by Crippen LogP contribution is -2.11. The molecule has 0 aromatic carbocycles. The Hall–Kier alpha value is -0.180. The molecule has 0 saturated heterocycles. The monoisotopic (exact) mass is 178 g/mol. The first-order valence-corrected chi connectivity index (χ1v) is 4.60. The molecule has 0 radical (unpaired) electrons. The van der Waals surface area contributed by atoms with Crippen LogP contribution in [-0.4, -0.2) is 25.9 Å². The van der Waals surface area contributed by atoms with Crippen molar-refractivity contribution in [2.45, 2.75) is 7.43 Å². The van der Waals surface area contributed by atoms with Crippen molar-refractivity contribution >= 4 is 18.3 Å². The van der Waals surface area contributed by atoms with Gasteiger partial charge in [0.15, 0.2) is 0 Å². The molecule has 0 spiro atoms. The second-order valence-corrected chi connectivity index (χ2v) is 5.09. The third-order valence-electron chi connectivity index (χ3n) is 0.266. The molecule has 0 aliphatic rings. The largest absolute Gasteiger partial charge is 0.397 e. The van der Waals surface area contributed by atoms with Crippen molar-refractivity contribution in [2.24, 2.45) is 0 Å². The Kier molecular flexibility index (Phi) is 3.35. The van der Waals surface area contributed by atoms with Gasteiger partial charge in [0.05, 0.1) is 0 Å². The van der Waals surface area contributed by atoms with Crippen molar-refractivity contribution < 1.29 is 25.9 Å². The molecule has 0 unspecified atom stereocenters. The summed E-state index contributed by atoms with van der Waals surface area (Å²) in [5.74, 6) is 0. The van der Waals surface area contributed by atoms with E-state index in [0.29, 0.717) is 0 Å². The average Bonchev–Trinajstić information content (AvgIpc) is 1.25. The molecule has 0 saturated carbocycles. The first-order chi connectivity index (χ1) is 3.25. The molecule has 0 aromatic heterocycles. The number of hydrogen-bond acceptors (Lipinski definition) is 4. The maximum atomic E-state index is 9.37. The number of hydrogen-bond donors (Lipinski definition) is 2. The summed E-state index contributed by atoms with van der Waals surface area (Å²) in [5.41, 5.74) is 0. The molecule has 0 rings (SSSR count). The summed E-state index contributed by atoms with van der Waals surface area (Å²) in [7, 11) is -10.6. The molecular weight excluding hydrogens is 172 g/mol. The van der Waals surface area contributed by atoms with E-state index in [-0.39, 0.29) is 7.43 Å². The van der Waals surface area contributed by atoms with Gasteiger partial charge in [-0.25, -0.2) is 0 Å². The Morgan fingerprint density at radius 3 is 0.889 bits per heavy atom. The summed E-state index contributed by atoms with van der Waals surface area (Å²) < 4.78 is 52.5. The van der Waals surface area contributed by atoms with Gasteiger partial charge in [-0.05, 0) is 0 Å². The SMILES string of the molecule is C.O=S(=O)(O)S(=O)(=O)O. The van der Waals surface area contributed by atoms with E-state index < -0.39 is 18.3 Å². The highest BCUT2D eigenvalue weighted by molar-refractivity contribution is 8.62. The van der Waals surface area contributed by atoms with Crippen LogP contribution >= 0.6 is 0 Å². The lowest BCUT2D eigenvalue weighted by Gasteiger charge is -1.84. The van der Waals surface area contributed by atoms with Crippen molar-refractivity contribution in [3.05, 3.63) is 0 Å². The summed E-state index contributed by atoms with van der Waals surface area (Å²) in [5, 5.41) is 0. The van der Waals surface area contributed by atoms with Gasteiger partial charge < -0.3 is 0 Å². The smallest absolute Gasteiger partial charge is 0.272 e. The lowest BCUT2D eigenvalue weighted by atomic mass is 12.0. The summed E-state index contributed by atoms with van der Waals surface area (Å²) in [6, 6.07) is 0. The van der Waals surface area contributed by atoms with Crippen LogP contribution in [0, 0.1) is 0 Å². The van der Waals surface area contributed by atoms with Gasteiger partial charge in [-0.15, -0.1) is 0 Å². The lowest BCUT2D eigenvalue weighted by molar-refractivity contribution is 0.460. The van der Waals surface area contributed by atoms with Crippen LogP contribution in [0.1, 0.15) is 7.43 Å². The van der Waals surface area contributed by atoms with E-state index in [1.54, 1.807) is 0 Å². The minimum Gasteiger partial charge on any atom is -0.272 e. The van der Waals surface area contributed by atoms with Crippen molar-refractivity contribution in [1.82, 2.24) is 0 Å². The van der Waals surface area contributed by atoms with Crippen molar-refractivity contribution in [2.75, 3.05) is 0 Å². The van der Waals surface area contributed by atoms with Crippen LogP contribution in [0.25, 0.3) is 0 Å². The van der Waals surface area contributed by atoms with Gasteiger partial charge in [-0.2, -0.15) is 16.8 Å². The van der Waals surface area contributed by atoms with E-state index in [4.69, 9.17) is 9.11 Å². The highest BCUT2D eigenvalue weighted by Crippen LogP contribution is 1.90. The summed E-state index contributed by atoms with van der Waals surface area (Å²) >= 11 is 0. The van der Waals surface area contributed by atoms with Gasteiger partial charge in [-0.3, -0.25) is 9.11 Å². The Morgan fingerprint density at radius 1 is 0.778 bits per heavy atom. The second-order valence-electron chi connectivity index (χ2n) is 0.855. The van der Waals surface area contributed by atoms with E-state index in [2.05, 4.69) is 0 Å². The Labute approximate surface area is 52.4 Å². The van der Waals surface area contributed by atoms with Crippen LogP contribution in [-0.2, 0) is 18.3 Å². The molecule has 0 bridgehead atoms. The average molecular weight is 178 g/mol. The zero-order valence-electron chi connectivity index (χ0n) is 3.34. The maximum Gasteiger partial charge on any atom is 0.397 e. The number of rotatable bonds is 1. The van der Waals surface area contributed by atoms with Crippen LogP contribution in [0.4, 0.5) is 0 Å². The maximum absolute atomic E-state index is 9.37. The Bertz CT molecular complexity index is 223. The van der Waals surface area contributed by atoms with Crippen molar-refractivity contribution in [3.63, 3.8) is 0 Å². The molecule has 6 nitrogen and oxygen atoms in total. The molecule has 58 valence electrons. The first-order valence-electron chi connectivity index (χ1n) is 1.20. The summed E-state index contributed by atoms with van der Waals surface area (Å²) in [6.07, 6.45) is 0. The zero-order chi connectivity index (χ0) is 7.00. The van der Waals surface area contributed by atoms with Gasteiger partial charge in [0, 0.05) is 0 Å². The Balaban J connectivity index is 0. The van der Waals surface area contributed by atoms with E-state index in [9.17, 15) is 16.8 Å². The van der Waals surface area contributed by atoms with Crippen LogP contribution in [0.5, 0.6) is 0 Å². The fourth-order valence-electron chi connectivity index (χ4n) is 0. The van der Waals surface area contributed by atoms with E-state index >= 15 is 0 Å². The van der Waals surface area contributed by atoms with Gasteiger partial charge in [0.2, 0.25) is 0 Å². The fraction of sp³-hybridized carbons (Fsp3) is 1.00. The van der Waals surface area contributed by atoms with Crippen LogP contribution in [0.3, 0.4) is 0 Å². The van der Waals surface area contributed by atoms with Crippen molar-refractivity contribution in [3.8, 4) is 0 Å². The van der Waals surface area contributed by atoms with Gasteiger partial charge in [0.1, 0.15) is 0 Å². The van der Waals surface area contributed by atoms with Gasteiger partial charge in [0.25, 0.3) is 0 Å². The van der Waals surface area contributed by atoms with Crippen molar-refractivity contribution in [1.29, 1.82) is 0 Å². The van der Waals surface area contributed by atoms with E-state index in [1.165, 1.54) is 0 Å². The van der Waals surface area contributed by atoms with Gasteiger partial charge in [-0.1, -0.05) is 7.43 Å². The topological polar surface area (TPSA) is 109 Å².